The van der Waals surface area contributed by atoms with E-state index in [1.165, 1.54) is 75.9 Å². The highest BCUT2D eigenvalue weighted by atomic mass is 32.2. The average molecular weight is 512 g/mol. The number of sulfonamides is 1. The molecule has 0 spiro atoms. The second kappa shape index (κ2) is 9.44. The first kappa shape index (κ1) is 24.1. The van der Waals surface area contributed by atoms with Gasteiger partial charge in [0.05, 0.1) is 10.9 Å². The van der Waals surface area contributed by atoms with Crippen LogP contribution in [0.2, 0.25) is 0 Å². The fraction of sp³-hybridized carbons (Fsp3) is 0.231. The van der Waals surface area contributed by atoms with Gasteiger partial charge in [-0.2, -0.15) is 4.31 Å². The largest absolute Gasteiger partial charge is 0.324 e. The summed E-state index contributed by atoms with van der Waals surface area (Å²) in [5.41, 5.74) is 1.34. The van der Waals surface area contributed by atoms with Crippen molar-refractivity contribution in [2.24, 2.45) is 0 Å². The molecule has 0 bridgehead atoms. The smallest absolute Gasteiger partial charge is 0.255 e. The minimum absolute atomic E-state index is 0.0806. The zero-order valence-electron chi connectivity index (χ0n) is 19.2. The van der Waals surface area contributed by atoms with Gasteiger partial charge in [-0.25, -0.2) is 17.2 Å². The minimum Gasteiger partial charge on any atom is -0.324 e. The Morgan fingerprint density at radius 2 is 1.53 bits per heavy atom. The standard InChI is InChI=1S/C26H23F2N3O4S/c27-19-7-3-17(4-8-19)25-22-15-20(28)9-12-23(22)29-24(32)16-31(25)26(33)18-5-10-21(11-6-18)36(34,35)30-13-1-2-14-30/h3-12,15,25H,1-2,13-14,16H2,(H,29,32)/t25-/m1/s1. The number of rotatable bonds is 4. The molecule has 1 N–H and O–H groups in total. The summed E-state index contributed by atoms with van der Waals surface area (Å²) in [4.78, 5) is 27.7. The predicted molar refractivity (Wildman–Crippen MR) is 129 cm³/mol. The van der Waals surface area contributed by atoms with Gasteiger partial charge in [0.1, 0.15) is 18.2 Å². The zero-order chi connectivity index (χ0) is 25.4. The lowest BCUT2D eigenvalue weighted by atomic mass is 9.95. The fourth-order valence-corrected chi connectivity index (χ4v) is 6.20. The molecular formula is C26H23F2N3O4S. The third kappa shape index (κ3) is 4.49. The van der Waals surface area contributed by atoms with Crippen LogP contribution in [0.15, 0.2) is 71.6 Å². The van der Waals surface area contributed by atoms with Crippen LogP contribution in [0.3, 0.4) is 0 Å². The molecule has 1 saturated heterocycles. The molecule has 5 rings (SSSR count). The Balaban J connectivity index is 1.54. The van der Waals surface area contributed by atoms with E-state index in [-0.39, 0.29) is 17.0 Å². The number of anilines is 1. The quantitative estimate of drug-likeness (QED) is 0.575. The molecule has 10 heteroatoms. The molecule has 2 amide bonds. The van der Waals surface area contributed by atoms with E-state index >= 15 is 0 Å². The van der Waals surface area contributed by atoms with Crippen LogP contribution in [-0.2, 0) is 14.8 Å². The summed E-state index contributed by atoms with van der Waals surface area (Å²) in [7, 11) is -3.66. The summed E-state index contributed by atoms with van der Waals surface area (Å²) in [6, 6.07) is 14.0. The van der Waals surface area contributed by atoms with Crippen LogP contribution in [-0.4, -0.2) is 49.1 Å². The average Bonchev–Trinajstić information content (AvgIpc) is 3.37. The Kier molecular flexibility index (Phi) is 6.31. The molecular weight excluding hydrogens is 488 g/mol. The second-order valence-electron chi connectivity index (χ2n) is 8.80. The van der Waals surface area contributed by atoms with Gasteiger partial charge in [-0.1, -0.05) is 12.1 Å². The summed E-state index contributed by atoms with van der Waals surface area (Å²) in [6.45, 7) is 0.577. The van der Waals surface area contributed by atoms with Gasteiger partial charge in [-0.05, 0) is 73.0 Å². The van der Waals surface area contributed by atoms with Crippen molar-refractivity contribution in [3.63, 3.8) is 0 Å². The highest BCUT2D eigenvalue weighted by molar-refractivity contribution is 7.89. The van der Waals surface area contributed by atoms with E-state index in [1.54, 1.807) is 0 Å². The summed E-state index contributed by atoms with van der Waals surface area (Å²) in [5, 5.41) is 2.70. The lowest BCUT2D eigenvalue weighted by Crippen LogP contribution is -2.39. The van der Waals surface area contributed by atoms with Gasteiger partial charge in [0.2, 0.25) is 15.9 Å². The van der Waals surface area contributed by atoms with Crippen LogP contribution in [0.5, 0.6) is 0 Å². The van der Waals surface area contributed by atoms with Crippen molar-refractivity contribution in [2.45, 2.75) is 23.8 Å². The predicted octanol–water partition coefficient (Wildman–Crippen LogP) is 3.93. The number of carbonyl (C=O) groups excluding carboxylic acids is 2. The number of halogens is 2. The molecule has 0 saturated carbocycles. The molecule has 0 aromatic heterocycles. The monoisotopic (exact) mass is 511 g/mol. The minimum atomic E-state index is -3.66. The highest BCUT2D eigenvalue weighted by Gasteiger charge is 2.35. The molecule has 7 nitrogen and oxygen atoms in total. The third-order valence-electron chi connectivity index (χ3n) is 6.46. The van der Waals surface area contributed by atoms with Gasteiger partial charge in [-0.3, -0.25) is 9.59 Å². The number of hydrogen-bond donors (Lipinski definition) is 1. The molecule has 2 aliphatic rings. The number of hydrogen-bond acceptors (Lipinski definition) is 4. The SMILES string of the molecule is O=C1CN(C(=O)c2ccc(S(=O)(=O)N3CCCC3)cc2)[C@H](c2ccc(F)cc2)c2cc(F)ccc2N1. The van der Waals surface area contributed by atoms with E-state index in [2.05, 4.69) is 5.32 Å². The van der Waals surface area contributed by atoms with Crippen LogP contribution in [0.1, 0.15) is 40.4 Å². The van der Waals surface area contributed by atoms with Crippen LogP contribution >= 0.6 is 0 Å². The van der Waals surface area contributed by atoms with E-state index in [4.69, 9.17) is 0 Å². The Hall–Kier alpha value is -3.63. The molecule has 186 valence electrons. The van der Waals surface area contributed by atoms with Crippen LogP contribution in [0.25, 0.3) is 0 Å². The molecule has 1 atom stereocenters. The Morgan fingerprint density at radius 1 is 0.889 bits per heavy atom. The molecule has 3 aromatic carbocycles. The van der Waals surface area contributed by atoms with Gasteiger partial charge < -0.3 is 10.2 Å². The van der Waals surface area contributed by atoms with E-state index in [0.29, 0.717) is 29.9 Å². The fourth-order valence-electron chi connectivity index (χ4n) is 4.68. The summed E-state index contributed by atoms with van der Waals surface area (Å²) < 4.78 is 55.1. The highest BCUT2D eigenvalue weighted by Crippen LogP contribution is 2.37. The van der Waals surface area contributed by atoms with Crippen LogP contribution < -0.4 is 5.32 Å². The molecule has 2 heterocycles. The van der Waals surface area contributed by atoms with Gasteiger partial charge >= 0.3 is 0 Å². The van der Waals surface area contributed by atoms with Crippen molar-refractivity contribution >= 4 is 27.5 Å². The number of carbonyl (C=O) groups is 2. The van der Waals surface area contributed by atoms with E-state index < -0.39 is 39.5 Å². The van der Waals surface area contributed by atoms with Gasteiger partial charge in [0.15, 0.2) is 0 Å². The Labute approximate surface area is 207 Å². The van der Waals surface area contributed by atoms with Gasteiger partial charge in [-0.15, -0.1) is 0 Å². The molecule has 3 aromatic rings. The number of nitrogens with zero attached hydrogens (tertiary/aromatic N) is 2. The van der Waals surface area contributed by atoms with Crippen LogP contribution in [0, 0.1) is 11.6 Å². The first-order valence-electron chi connectivity index (χ1n) is 11.5. The number of amides is 2. The topological polar surface area (TPSA) is 86.8 Å². The van der Waals surface area contributed by atoms with Crippen molar-refractivity contribution in [1.29, 1.82) is 0 Å². The lowest BCUT2D eigenvalue weighted by molar-refractivity contribution is -0.117. The van der Waals surface area contributed by atoms with Crippen molar-refractivity contribution in [2.75, 3.05) is 25.0 Å². The van der Waals surface area contributed by atoms with Gasteiger partial charge in [0, 0.05) is 29.9 Å². The molecule has 1 fully saturated rings. The number of nitrogens with one attached hydrogen (secondary N) is 1. The lowest BCUT2D eigenvalue weighted by Gasteiger charge is -2.30. The maximum atomic E-state index is 14.3. The zero-order valence-corrected chi connectivity index (χ0v) is 20.0. The Morgan fingerprint density at radius 3 is 2.19 bits per heavy atom. The maximum Gasteiger partial charge on any atom is 0.255 e. The van der Waals surface area contributed by atoms with Gasteiger partial charge in [0.25, 0.3) is 5.91 Å². The second-order valence-corrected chi connectivity index (χ2v) is 10.7. The van der Waals surface area contributed by atoms with E-state index in [9.17, 15) is 26.8 Å². The summed E-state index contributed by atoms with van der Waals surface area (Å²) >= 11 is 0. The molecule has 0 unspecified atom stereocenters. The first-order valence-corrected chi connectivity index (χ1v) is 12.9. The number of fused-ring (bicyclic) bond motifs is 1. The molecule has 0 radical (unpaired) electrons. The van der Waals surface area contributed by atoms with Crippen molar-refractivity contribution in [3.8, 4) is 0 Å². The van der Waals surface area contributed by atoms with E-state index in [0.717, 1.165) is 12.8 Å². The molecule has 0 aliphatic carbocycles. The molecule has 36 heavy (non-hydrogen) atoms. The molecule has 2 aliphatic heterocycles. The van der Waals surface area contributed by atoms with E-state index in [1.807, 2.05) is 0 Å². The van der Waals surface area contributed by atoms with Crippen LogP contribution in [0.4, 0.5) is 14.5 Å². The number of benzene rings is 3. The Bertz CT molecular complexity index is 1420. The first-order chi connectivity index (χ1) is 17.2. The normalized spacial score (nSPS) is 18.4. The maximum absolute atomic E-state index is 14.3. The summed E-state index contributed by atoms with van der Waals surface area (Å²) in [5.74, 6) is -2.06. The van der Waals surface area contributed by atoms with Crippen molar-refractivity contribution in [1.82, 2.24) is 9.21 Å². The van der Waals surface area contributed by atoms with Crippen molar-refractivity contribution < 1.29 is 26.8 Å². The summed E-state index contributed by atoms with van der Waals surface area (Å²) in [6.07, 6.45) is 1.61. The third-order valence-corrected chi connectivity index (χ3v) is 8.37. The van der Waals surface area contributed by atoms with Crippen molar-refractivity contribution in [3.05, 3.63) is 95.1 Å².